The minimum Gasteiger partial charge on any atom is -0.489 e. The number of thiophene rings is 1. The van der Waals surface area contributed by atoms with Crippen LogP contribution in [0.4, 0.5) is 10.7 Å². The van der Waals surface area contributed by atoms with E-state index in [2.05, 4.69) is 26.1 Å². The van der Waals surface area contributed by atoms with Gasteiger partial charge in [-0.25, -0.2) is 4.99 Å². The third kappa shape index (κ3) is 6.15. The number of aliphatic imine (C=N–C) groups is 1. The van der Waals surface area contributed by atoms with Crippen LogP contribution in [0.5, 0.6) is 17.2 Å². The maximum Gasteiger partial charge on any atom is 0.259 e. The summed E-state index contributed by atoms with van der Waals surface area (Å²) in [6, 6.07) is 23.3. The molecule has 0 saturated carbocycles. The van der Waals surface area contributed by atoms with Crippen molar-refractivity contribution < 1.29 is 19.0 Å². The summed E-state index contributed by atoms with van der Waals surface area (Å²) in [6.45, 7) is 7.61. The fourth-order valence-electron chi connectivity index (χ4n) is 5.33. The van der Waals surface area contributed by atoms with Crippen molar-refractivity contribution in [2.24, 2.45) is 16.3 Å². The monoisotopic (exact) mass is 566 g/mol. The van der Waals surface area contributed by atoms with Gasteiger partial charge in [0.2, 0.25) is 6.79 Å². The van der Waals surface area contributed by atoms with Crippen LogP contribution >= 0.6 is 11.3 Å². The van der Waals surface area contributed by atoms with Crippen molar-refractivity contribution in [3.8, 4) is 17.2 Å². The zero-order chi connectivity index (χ0) is 28.4. The smallest absolute Gasteiger partial charge is 0.259 e. The molecule has 0 spiro atoms. The first-order valence-electron chi connectivity index (χ1n) is 14.0. The number of carbonyl (C=O) groups is 1. The Kier molecular flexibility index (Phi) is 7.54. The molecule has 6 rings (SSSR count). The summed E-state index contributed by atoms with van der Waals surface area (Å²) in [7, 11) is 0. The van der Waals surface area contributed by atoms with Crippen molar-refractivity contribution in [3.05, 3.63) is 99.9 Å². The van der Waals surface area contributed by atoms with Crippen LogP contribution in [0.15, 0.2) is 77.8 Å². The highest BCUT2D eigenvalue weighted by molar-refractivity contribution is 7.16. The van der Waals surface area contributed by atoms with Crippen LogP contribution in [-0.4, -0.2) is 18.9 Å². The number of carbonyl (C=O) groups excluding carboxylic acids is 1. The normalized spacial score (nSPS) is 16.0. The molecular formula is C34H34N2O4S. The van der Waals surface area contributed by atoms with Gasteiger partial charge in [0.05, 0.1) is 5.56 Å². The van der Waals surface area contributed by atoms with E-state index in [1.54, 1.807) is 11.3 Å². The molecule has 0 bridgehead atoms. The van der Waals surface area contributed by atoms with Gasteiger partial charge in [0.25, 0.3) is 5.91 Å². The maximum atomic E-state index is 13.5. The molecule has 1 N–H and O–H groups in total. The summed E-state index contributed by atoms with van der Waals surface area (Å²) in [6.07, 6.45) is 4.80. The van der Waals surface area contributed by atoms with Gasteiger partial charge in [-0.2, -0.15) is 0 Å². The summed E-state index contributed by atoms with van der Waals surface area (Å²) in [5, 5.41) is 3.85. The Morgan fingerprint density at radius 1 is 1.05 bits per heavy atom. The first-order valence-corrected chi connectivity index (χ1v) is 14.8. The summed E-state index contributed by atoms with van der Waals surface area (Å²) < 4.78 is 16.8. The lowest BCUT2D eigenvalue weighted by Crippen LogP contribution is -2.27. The summed E-state index contributed by atoms with van der Waals surface area (Å²) in [5.41, 5.74) is 4.83. The van der Waals surface area contributed by atoms with E-state index in [4.69, 9.17) is 19.2 Å². The zero-order valence-corrected chi connectivity index (χ0v) is 24.4. The first-order chi connectivity index (χ1) is 19.8. The average molecular weight is 567 g/mol. The van der Waals surface area contributed by atoms with Crippen LogP contribution in [0.25, 0.3) is 0 Å². The number of nitrogens with zero attached hydrogens (tertiary/aromatic N) is 1. The van der Waals surface area contributed by atoms with Gasteiger partial charge < -0.3 is 19.5 Å². The van der Waals surface area contributed by atoms with Crippen molar-refractivity contribution in [2.45, 2.75) is 46.6 Å². The molecular weight excluding hydrogens is 532 g/mol. The number of benzene rings is 3. The number of ether oxygens (including phenoxy) is 3. The molecule has 0 radical (unpaired) electrons. The van der Waals surface area contributed by atoms with E-state index in [1.807, 2.05) is 79.0 Å². The number of hydrogen-bond acceptors (Lipinski definition) is 6. The van der Waals surface area contributed by atoms with Gasteiger partial charge in [0.1, 0.15) is 17.4 Å². The highest BCUT2D eigenvalue weighted by Crippen LogP contribution is 2.45. The van der Waals surface area contributed by atoms with Crippen LogP contribution in [0.1, 0.15) is 59.1 Å². The third-order valence-corrected chi connectivity index (χ3v) is 8.95. The van der Waals surface area contributed by atoms with Gasteiger partial charge in [-0.1, -0.05) is 45.0 Å². The number of amides is 1. The molecule has 41 heavy (non-hydrogen) atoms. The topological polar surface area (TPSA) is 69.1 Å². The number of anilines is 1. The highest BCUT2D eigenvalue weighted by atomic mass is 32.1. The number of para-hydroxylation sites is 1. The molecule has 2 heterocycles. The molecule has 0 unspecified atom stereocenters. The first kappa shape index (κ1) is 27.1. The molecule has 4 aromatic rings. The minimum atomic E-state index is -0.0951. The lowest BCUT2D eigenvalue weighted by molar-refractivity contribution is 0.102. The Morgan fingerprint density at radius 2 is 1.83 bits per heavy atom. The molecule has 1 atom stereocenters. The number of nitrogens with one attached hydrogen (secondary N) is 1. The van der Waals surface area contributed by atoms with E-state index < -0.39 is 0 Å². The molecule has 1 amide bonds. The molecule has 0 saturated heterocycles. The maximum absolute atomic E-state index is 13.5. The lowest BCUT2D eigenvalue weighted by Gasteiger charge is -2.33. The van der Waals surface area contributed by atoms with Crippen molar-refractivity contribution in [2.75, 3.05) is 12.1 Å². The van der Waals surface area contributed by atoms with Gasteiger partial charge in [0, 0.05) is 16.8 Å². The summed E-state index contributed by atoms with van der Waals surface area (Å²) in [5.74, 6) is 2.77. The third-order valence-electron chi connectivity index (χ3n) is 7.78. The van der Waals surface area contributed by atoms with Gasteiger partial charge in [-0.3, -0.25) is 4.79 Å². The van der Waals surface area contributed by atoms with Crippen LogP contribution < -0.4 is 19.5 Å². The molecule has 6 nitrogen and oxygen atoms in total. The molecule has 3 aromatic carbocycles. The summed E-state index contributed by atoms with van der Waals surface area (Å²) >= 11 is 1.65. The van der Waals surface area contributed by atoms with Crippen molar-refractivity contribution in [1.29, 1.82) is 0 Å². The second-order valence-electron chi connectivity index (χ2n) is 11.6. The molecule has 1 aromatic heterocycles. The van der Waals surface area contributed by atoms with Crippen molar-refractivity contribution >= 4 is 34.1 Å². The fourth-order valence-corrected chi connectivity index (χ4v) is 6.60. The van der Waals surface area contributed by atoms with Crippen LogP contribution in [-0.2, 0) is 19.4 Å². The quantitative estimate of drug-likeness (QED) is 0.229. The van der Waals surface area contributed by atoms with Crippen LogP contribution in [0.2, 0.25) is 0 Å². The SMILES string of the molecule is CC(C)(C)[C@H]1CCc2c(sc(N=Cc3ccc(OCc4ccc5c(c4)OCO5)cc3)c2C(=O)Nc2ccccc2)C1. The van der Waals surface area contributed by atoms with E-state index >= 15 is 0 Å². The van der Waals surface area contributed by atoms with Crippen molar-refractivity contribution in [1.82, 2.24) is 0 Å². The minimum absolute atomic E-state index is 0.0951. The Balaban J connectivity index is 1.19. The van der Waals surface area contributed by atoms with Gasteiger partial charge in [0.15, 0.2) is 11.5 Å². The predicted octanol–water partition coefficient (Wildman–Crippen LogP) is 8.21. The second kappa shape index (κ2) is 11.4. The van der Waals surface area contributed by atoms with E-state index in [-0.39, 0.29) is 18.1 Å². The zero-order valence-electron chi connectivity index (χ0n) is 23.6. The van der Waals surface area contributed by atoms with E-state index in [0.717, 1.165) is 63.9 Å². The molecule has 1 aliphatic carbocycles. The Bertz CT molecular complexity index is 1570. The Morgan fingerprint density at radius 3 is 2.61 bits per heavy atom. The van der Waals surface area contributed by atoms with Gasteiger partial charge >= 0.3 is 0 Å². The van der Waals surface area contributed by atoms with Crippen LogP contribution in [0.3, 0.4) is 0 Å². The number of hydrogen-bond donors (Lipinski definition) is 1. The van der Waals surface area contributed by atoms with E-state index in [9.17, 15) is 4.79 Å². The van der Waals surface area contributed by atoms with E-state index in [1.165, 1.54) is 4.88 Å². The Hall–Kier alpha value is -4.10. The van der Waals surface area contributed by atoms with Gasteiger partial charge in [-0.15, -0.1) is 11.3 Å². The number of rotatable bonds is 7. The molecule has 7 heteroatoms. The van der Waals surface area contributed by atoms with Gasteiger partial charge in [-0.05, 0) is 95.8 Å². The fraction of sp³-hybridized carbons (Fsp3) is 0.294. The van der Waals surface area contributed by atoms with E-state index in [0.29, 0.717) is 18.1 Å². The average Bonchev–Trinajstić information content (AvgIpc) is 3.59. The standard InChI is InChI=1S/C34H34N2O4S/c1-34(2,3)24-12-15-27-30(18-24)41-33(31(27)32(37)36-25-7-5-4-6-8-25)35-19-22-9-13-26(14-10-22)38-20-23-11-16-28-29(17-23)40-21-39-28/h4-11,13-14,16-17,19,24H,12,15,18,20-21H2,1-3H3,(H,36,37)/t24-/m0/s1. The number of fused-ring (bicyclic) bond motifs is 2. The predicted molar refractivity (Wildman–Crippen MR) is 164 cm³/mol. The lowest BCUT2D eigenvalue weighted by atomic mass is 9.72. The highest BCUT2D eigenvalue weighted by Gasteiger charge is 2.33. The largest absolute Gasteiger partial charge is 0.489 e. The molecule has 210 valence electrons. The molecule has 1 aliphatic heterocycles. The summed E-state index contributed by atoms with van der Waals surface area (Å²) in [4.78, 5) is 19.7. The second-order valence-corrected chi connectivity index (χ2v) is 12.7. The Labute approximate surface area is 245 Å². The molecule has 2 aliphatic rings. The van der Waals surface area contributed by atoms with Crippen molar-refractivity contribution in [3.63, 3.8) is 0 Å². The molecule has 0 fully saturated rings. The van der Waals surface area contributed by atoms with Crippen LogP contribution in [0, 0.1) is 11.3 Å².